The zero-order valence-electron chi connectivity index (χ0n) is 14.4. The monoisotopic (exact) mass is 340 g/mol. The highest BCUT2D eigenvalue weighted by Gasteiger charge is 2.18. The SMILES string of the molecule is CCC(=C(C)C(=O)O)N(C=O)CCN(C=O)C(CC)=C(C)C(=O)O. The van der Waals surface area contributed by atoms with Gasteiger partial charge in [0.1, 0.15) is 0 Å². The third-order valence-corrected chi connectivity index (χ3v) is 3.71. The van der Waals surface area contributed by atoms with Gasteiger partial charge >= 0.3 is 11.9 Å². The predicted molar refractivity (Wildman–Crippen MR) is 86.8 cm³/mol. The number of carboxylic acid groups (broad SMARTS) is 2. The fourth-order valence-corrected chi connectivity index (χ4v) is 2.33. The fourth-order valence-electron chi connectivity index (χ4n) is 2.33. The lowest BCUT2D eigenvalue weighted by Crippen LogP contribution is -2.34. The summed E-state index contributed by atoms with van der Waals surface area (Å²) < 4.78 is 0. The first-order chi connectivity index (χ1) is 11.2. The smallest absolute Gasteiger partial charge is 0.333 e. The summed E-state index contributed by atoms with van der Waals surface area (Å²) in [6, 6.07) is 0. The highest BCUT2D eigenvalue weighted by Crippen LogP contribution is 2.16. The highest BCUT2D eigenvalue weighted by molar-refractivity contribution is 5.87. The summed E-state index contributed by atoms with van der Waals surface area (Å²) in [5.41, 5.74) is 0.797. The Hall–Kier alpha value is -2.64. The van der Waals surface area contributed by atoms with E-state index in [1.165, 1.54) is 23.6 Å². The van der Waals surface area contributed by atoms with Crippen LogP contribution < -0.4 is 0 Å². The van der Waals surface area contributed by atoms with E-state index in [0.29, 0.717) is 37.1 Å². The van der Waals surface area contributed by atoms with E-state index in [1.54, 1.807) is 13.8 Å². The Balaban J connectivity index is 5.44. The second kappa shape index (κ2) is 10.2. The normalized spacial score (nSPS) is 12.7. The molecule has 0 heterocycles. The second-order valence-electron chi connectivity index (χ2n) is 5.06. The molecule has 0 radical (unpaired) electrons. The fraction of sp³-hybridized carbons (Fsp3) is 0.500. The van der Waals surface area contributed by atoms with E-state index in [4.69, 9.17) is 10.2 Å². The highest BCUT2D eigenvalue weighted by atomic mass is 16.4. The van der Waals surface area contributed by atoms with Gasteiger partial charge in [0.05, 0.1) is 11.1 Å². The first kappa shape index (κ1) is 21.4. The number of allylic oxidation sites excluding steroid dienone is 2. The predicted octanol–water partition coefficient (Wildman–Crippen LogP) is 1.44. The molecular formula is C16H24N2O6. The summed E-state index contributed by atoms with van der Waals surface area (Å²) >= 11 is 0. The Bertz CT molecular complexity index is 515. The van der Waals surface area contributed by atoms with Crippen molar-refractivity contribution in [3.8, 4) is 0 Å². The molecule has 0 rings (SSSR count). The molecule has 0 aliphatic rings. The molecule has 8 heteroatoms. The molecular weight excluding hydrogens is 316 g/mol. The van der Waals surface area contributed by atoms with Crippen molar-refractivity contribution in [2.45, 2.75) is 40.5 Å². The van der Waals surface area contributed by atoms with Gasteiger partial charge in [0.15, 0.2) is 0 Å². The lowest BCUT2D eigenvalue weighted by atomic mass is 10.1. The molecule has 0 fully saturated rings. The zero-order valence-corrected chi connectivity index (χ0v) is 14.4. The van der Waals surface area contributed by atoms with E-state index in [2.05, 4.69) is 0 Å². The van der Waals surface area contributed by atoms with Crippen LogP contribution in [-0.4, -0.2) is 57.9 Å². The topological polar surface area (TPSA) is 115 Å². The van der Waals surface area contributed by atoms with E-state index in [0.717, 1.165) is 0 Å². The molecule has 8 nitrogen and oxygen atoms in total. The molecule has 0 aromatic heterocycles. The Morgan fingerprint density at radius 3 is 1.25 bits per heavy atom. The van der Waals surface area contributed by atoms with E-state index < -0.39 is 11.9 Å². The molecule has 0 spiro atoms. The number of hydrogen-bond donors (Lipinski definition) is 2. The molecule has 0 bridgehead atoms. The summed E-state index contributed by atoms with van der Waals surface area (Å²) in [6.07, 6.45) is 1.69. The van der Waals surface area contributed by atoms with Gasteiger partial charge in [0, 0.05) is 24.5 Å². The molecule has 24 heavy (non-hydrogen) atoms. The molecule has 0 aliphatic heterocycles. The van der Waals surface area contributed by atoms with Crippen molar-refractivity contribution < 1.29 is 29.4 Å². The molecule has 134 valence electrons. The van der Waals surface area contributed by atoms with Crippen molar-refractivity contribution in [2.75, 3.05) is 13.1 Å². The van der Waals surface area contributed by atoms with Gasteiger partial charge in [0.25, 0.3) is 0 Å². The summed E-state index contributed by atoms with van der Waals surface area (Å²) in [5, 5.41) is 18.1. The van der Waals surface area contributed by atoms with E-state index >= 15 is 0 Å². The third kappa shape index (κ3) is 5.53. The van der Waals surface area contributed by atoms with Gasteiger partial charge in [-0.1, -0.05) is 13.8 Å². The third-order valence-electron chi connectivity index (χ3n) is 3.71. The van der Waals surface area contributed by atoms with Crippen molar-refractivity contribution in [2.24, 2.45) is 0 Å². The standard InChI is InChI=1S/C16H24N2O6/c1-5-13(11(3)15(21)22)17(9-19)7-8-18(10-20)14(6-2)12(4)16(23)24/h9-10H,5-8H2,1-4H3,(H,21,22)(H,23,24). The maximum Gasteiger partial charge on any atom is 0.333 e. The van der Waals surface area contributed by atoms with Crippen molar-refractivity contribution in [1.29, 1.82) is 0 Å². The van der Waals surface area contributed by atoms with Gasteiger partial charge in [-0.15, -0.1) is 0 Å². The van der Waals surface area contributed by atoms with Gasteiger partial charge in [-0.05, 0) is 26.7 Å². The molecule has 2 N–H and O–H groups in total. The van der Waals surface area contributed by atoms with Crippen LogP contribution in [0.2, 0.25) is 0 Å². The number of rotatable bonds is 11. The quantitative estimate of drug-likeness (QED) is 0.434. The zero-order chi connectivity index (χ0) is 18.9. The van der Waals surface area contributed by atoms with Crippen molar-refractivity contribution >= 4 is 24.8 Å². The lowest BCUT2D eigenvalue weighted by molar-refractivity contribution is -0.134. The van der Waals surface area contributed by atoms with Crippen LogP contribution in [0.4, 0.5) is 0 Å². The molecule has 0 atom stereocenters. The van der Waals surface area contributed by atoms with Gasteiger partial charge in [-0.25, -0.2) is 9.59 Å². The van der Waals surface area contributed by atoms with Crippen LogP contribution in [0, 0.1) is 0 Å². The number of nitrogens with zero attached hydrogens (tertiary/aromatic N) is 2. The number of aliphatic carboxylic acids is 2. The van der Waals surface area contributed by atoms with Crippen molar-refractivity contribution in [3.05, 3.63) is 22.5 Å². The van der Waals surface area contributed by atoms with E-state index in [-0.39, 0.29) is 24.2 Å². The molecule has 0 aromatic carbocycles. The lowest BCUT2D eigenvalue weighted by Gasteiger charge is -2.26. The first-order valence-corrected chi connectivity index (χ1v) is 7.54. The Morgan fingerprint density at radius 2 is 1.08 bits per heavy atom. The van der Waals surface area contributed by atoms with Crippen molar-refractivity contribution in [3.63, 3.8) is 0 Å². The number of carbonyl (C=O) groups is 4. The second-order valence-corrected chi connectivity index (χ2v) is 5.06. The number of hydrogen-bond acceptors (Lipinski definition) is 4. The Morgan fingerprint density at radius 1 is 0.792 bits per heavy atom. The maximum atomic E-state index is 11.3. The van der Waals surface area contributed by atoms with Crippen LogP contribution in [0.5, 0.6) is 0 Å². The van der Waals surface area contributed by atoms with Crippen LogP contribution in [0.1, 0.15) is 40.5 Å². The van der Waals surface area contributed by atoms with Crippen molar-refractivity contribution in [1.82, 2.24) is 9.80 Å². The summed E-state index contributed by atoms with van der Waals surface area (Å²) in [5.74, 6) is -2.25. The average Bonchev–Trinajstić information content (AvgIpc) is 2.55. The minimum absolute atomic E-state index is 0.0511. The van der Waals surface area contributed by atoms with Gasteiger partial charge in [-0.2, -0.15) is 0 Å². The molecule has 2 amide bonds. The minimum atomic E-state index is -1.12. The summed E-state index contributed by atoms with van der Waals surface area (Å²) in [4.78, 5) is 47.2. The molecule has 0 unspecified atom stereocenters. The van der Waals surface area contributed by atoms with Crippen LogP contribution in [0.25, 0.3) is 0 Å². The molecule has 0 saturated carbocycles. The van der Waals surface area contributed by atoms with Crippen LogP contribution in [-0.2, 0) is 19.2 Å². The summed E-state index contributed by atoms with van der Waals surface area (Å²) in [7, 11) is 0. The van der Waals surface area contributed by atoms with Crippen LogP contribution in [0.3, 0.4) is 0 Å². The number of carbonyl (C=O) groups excluding carboxylic acids is 2. The average molecular weight is 340 g/mol. The number of carboxylic acids is 2. The van der Waals surface area contributed by atoms with Crippen LogP contribution >= 0.6 is 0 Å². The Kier molecular flexibility index (Phi) is 9.07. The largest absolute Gasteiger partial charge is 0.478 e. The van der Waals surface area contributed by atoms with Gasteiger partial charge in [0.2, 0.25) is 12.8 Å². The minimum Gasteiger partial charge on any atom is -0.478 e. The van der Waals surface area contributed by atoms with Crippen LogP contribution in [0.15, 0.2) is 22.5 Å². The van der Waals surface area contributed by atoms with Gasteiger partial charge < -0.3 is 20.0 Å². The molecule has 0 aromatic rings. The number of amides is 2. The Labute approximate surface area is 141 Å². The summed E-state index contributed by atoms with van der Waals surface area (Å²) in [6.45, 7) is 6.38. The first-order valence-electron chi connectivity index (χ1n) is 7.54. The maximum absolute atomic E-state index is 11.3. The van der Waals surface area contributed by atoms with Gasteiger partial charge in [-0.3, -0.25) is 9.59 Å². The van der Waals surface area contributed by atoms with E-state index in [9.17, 15) is 19.2 Å². The van der Waals surface area contributed by atoms with E-state index in [1.807, 2.05) is 0 Å². The molecule has 0 saturated heterocycles. The molecule has 0 aliphatic carbocycles.